The molecule has 1 aromatic heterocycles. The minimum atomic E-state index is -0.326. The zero-order valence-corrected chi connectivity index (χ0v) is 8.49. The molecule has 0 aliphatic carbocycles. The monoisotopic (exact) mass is 225 g/mol. The Hall–Kier alpha value is -1.62. The standard InChI is InChI=1S/C9H8ClN3O2/c10-6-2-1-3-7(11-6)13-4-8(14)12-9(15)5-13/h1-3H,4-5H2,(H,12,14,15). The third-order valence-corrected chi connectivity index (χ3v) is 2.18. The second kappa shape index (κ2) is 3.86. The molecule has 0 radical (unpaired) electrons. The van der Waals surface area contributed by atoms with E-state index >= 15 is 0 Å². The quantitative estimate of drug-likeness (QED) is 0.548. The first kappa shape index (κ1) is 9.92. The Morgan fingerprint density at radius 1 is 1.27 bits per heavy atom. The van der Waals surface area contributed by atoms with Crippen molar-refractivity contribution in [3.05, 3.63) is 23.4 Å². The highest BCUT2D eigenvalue weighted by atomic mass is 35.5. The van der Waals surface area contributed by atoms with Crippen molar-refractivity contribution in [2.45, 2.75) is 0 Å². The first-order valence-electron chi connectivity index (χ1n) is 4.35. The fourth-order valence-electron chi connectivity index (χ4n) is 1.37. The lowest BCUT2D eigenvalue weighted by Gasteiger charge is -2.26. The predicted octanol–water partition coefficient (Wildman–Crippen LogP) is 0.198. The number of carbonyl (C=O) groups is 2. The Morgan fingerprint density at radius 3 is 2.53 bits per heavy atom. The second-order valence-electron chi connectivity index (χ2n) is 3.15. The molecule has 1 aliphatic heterocycles. The van der Waals surface area contributed by atoms with Gasteiger partial charge in [-0.2, -0.15) is 0 Å². The van der Waals surface area contributed by atoms with E-state index < -0.39 is 0 Å². The lowest BCUT2D eigenvalue weighted by atomic mass is 10.3. The Morgan fingerprint density at radius 2 is 1.93 bits per heavy atom. The van der Waals surface area contributed by atoms with Gasteiger partial charge in [0.15, 0.2) is 0 Å². The van der Waals surface area contributed by atoms with Crippen molar-refractivity contribution < 1.29 is 9.59 Å². The maximum Gasteiger partial charge on any atom is 0.246 e. The van der Waals surface area contributed by atoms with Gasteiger partial charge in [-0.05, 0) is 12.1 Å². The number of aromatic nitrogens is 1. The third kappa shape index (κ3) is 2.24. The second-order valence-corrected chi connectivity index (χ2v) is 3.53. The number of pyridine rings is 1. The minimum Gasteiger partial charge on any atom is -0.338 e. The number of imide groups is 1. The van der Waals surface area contributed by atoms with E-state index in [-0.39, 0.29) is 24.9 Å². The van der Waals surface area contributed by atoms with E-state index in [0.717, 1.165) is 0 Å². The molecule has 1 aromatic rings. The van der Waals surface area contributed by atoms with Gasteiger partial charge in [0.1, 0.15) is 11.0 Å². The molecule has 1 N–H and O–H groups in total. The molecule has 0 atom stereocenters. The fraction of sp³-hybridized carbons (Fsp3) is 0.222. The lowest BCUT2D eigenvalue weighted by molar-refractivity contribution is -0.130. The molecule has 1 fully saturated rings. The number of amides is 2. The molecule has 0 aromatic carbocycles. The number of hydrogen-bond acceptors (Lipinski definition) is 4. The average Bonchev–Trinajstić information content (AvgIpc) is 2.16. The molecule has 2 heterocycles. The van der Waals surface area contributed by atoms with Crippen LogP contribution in [-0.4, -0.2) is 29.9 Å². The number of anilines is 1. The van der Waals surface area contributed by atoms with Crippen LogP contribution in [0.3, 0.4) is 0 Å². The Labute approximate surface area is 91.0 Å². The van der Waals surface area contributed by atoms with Gasteiger partial charge in [-0.3, -0.25) is 14.9 Å². The third-order valence-electron chi connectivity index (χ3n) is 1.97. The number of rotatable bonds is 1. The SMILES string of the molecule is O=C1CN(c2cccc(Cl)n2)CC(=O)N1. The summed E-state index contributed by atoms with van der Waals surface area (Å²) in [7, 11) is 0. The highest BCUT2D eigenvalue weighted by molar-refractivity contribution is 6.29. The molecule has 15 heavy (non-hydrogen) atoms. The maximum atomic E-state index is 11.1. The van der Waals surface area contributed by atoms with E-state index in [0.29, 0.717) is 11.0 Å². The highest BCUT2D eigenvalue weighted by Gasteiger charge is 2.23. The lowest BCUT2D eigenvalue weighted by Crippen LogP contribution is -2.51. The van der Waals surface area contributed by atoms with Gasteiger partial charge < -0.3 is 4.90 Å². The van der Waals surface area contributed by atoms with Crippen LogP contribution in [0.15, 0.2) is 18.2 Å². The minimum absolute atomic E-state index is 0.124. The molecule has 1 aliphatic rings. The molecule has 0 spiro atoms. The van der Waals surface area contributed by atoms with Gasteiger partial charge >= 0.3 is 0 Å². The molecular weight excluding hydrogens is 218 g/mol. The van der Waals surface area contributed by atoms with E-state index in [4.69, 9.17) is 11.6 Å². The predicted molar refractivity (Wildman–Crippen MR) is 54.6 cm³/mol. The zero-order chi connectivity index (χ0) is 10.8. The summed E-state index contributed by atoms with van der Waals surface area (Å²) in [6.45, 7) is 0.248. The Kier molecular flexibility index (Phi) is 2.55. The molecule has 0 saturated carbocycles. The summed E-state index contributed by atoms with van der Waals surface area (Å²) in [5, 5.41) is 2.55. The summed E-state index contributed by atoms with van der Waals surface area (Å²) in [5.74, 6) is -0.119. The number of halogens is 1. The molecule has 2 amide bonds. The van der Waals surface area contributed by atoms with E-state index in [1.165, 1.54) is 0 Å². The van der Waals surface area contributed by atoms with Crippen LogP contribution in [0.1, 0.15) is 0 Å². The van der Waals surface area contributed by atoms with Crippen LogP contribution in [0.25, 0.3) is 0 Å². The molecule has 1 saturated heterocycles. The topological polar surface area (TPSA) is 62.3 Å². The van der Waals surface area contributed by atoms with E-state index in [1.54, 1.807) is 23.1 Å². The van der Waals surface area contributed by atoms with Crippen LogP contribution in [0.4, 0.5) is 5.82 Å². The maximum absolute atomic E-state index is 11.1. The van der Waals surface area contributed by atoms with Gasteiger partial charge in [-0.25, -0.2) is 4.98 Å². The number of nitrogens with zero attached hydrogens (tertiary/aromatic N) is 2. The molecule has 6 heteroatoms. The fourth-order valence-corrected chi connectivity index (χ4v) is 1.53. The van der Waals surface area contributed by atoms with E-state index in [1.807, 2.05) is 0 Å². The Balaban J connectivity index is 2.23. The number of hydrogen-bond donors (Lipinski definition) is 1. The van der Waals surface area contributed by atoms with E-state index in [9.17, 15) is 9.59 Å². The van der Waals surface area contributed by atoms with Crippen molar-refractivity contribution in [2.24, 2.45) is 0 Å². The molecule has 0 unspecified atom stereocenters. The zero-order valence-electron chi connectivity index (χ0n) is 7.74. The summed E-state index contributed by atoms with van der Waals surface area (Å²) in [5.41, 5.74) is 0. The van der Waals surface area contributed by atoms with Gasteiger partial charge in [0.2, 0.25) is 11.8 Å². The van der Waals surface area contributed by atoms with Crippen molar-refractivity contribution in [1.82, 2.24) is 10.3 Å². The summed E-state index contributed by atoms with van der Waals surface area (Å²) in [6.07, 6.45) is 0. The van der Waals surface area contributed by atoms with Gasteiger partial charge in [-0.1, -0.05) is 17.7 Å². The first-order valence-corrected chi connectivity index (χ1v) is 4.73. The summed E-state index contributed by atoms with van der Waals surface area (Å²) in [4.78, 5) is 27.8. The van der Waals surface area contributed by atoms with Crippen LogP contribution in [0.5, 0.6) is 0 Å². The molecular formula is C9H8ClN3O2. The summed E-state index contributed by atoms with van der Waals surface area (Å²) >= 11 is 5.71. The van der Waals surface area contributed by atoms with Gasteiger partial charge in [-0.15, -0.1) is 0 Å². The van der Waals surface area contributed by atoms with Crippen molar-refractivity contribution in [2.75, 3.05) is 18.0 Å². The number of carbonyl (C=O) groups excluding carboxylic acids is 2. The van der Waals surface area contributed by atoms with Crippen LogP contribution in [-0.2, 0) is 9.59 Å². The Bertz CT molecular complexity index is 406. The van der Waals surface area contributed by atoms with Crippen molar-refractivity contribution >= 4 is 29.2 Å². The van der Waals surface area contributed by atoms with Crippen LogP contribution < -0.4 is 10.2 Å². The number of piperazine rings is 1. The van der Waals surface area contributed by atoms with E-state index in [2.05, 4.69) is 10.3 Å². The molecule has 5 nitrogen and oxygen atoms in total. The normalized spacial score (nSPS) is 16.5. The summed E-state index contributed by atoms with van der Waals surface area (Å²) < 4.78 is 0. The molecule has 2 rings (SSSR count). The average molecular weight is 226 g/mol. The number of nitrogens with one attached hydrogen (secondary N) is 1. The summed E-state index contributed by atoms with van der Waals surface area (Å²) in [6, 6.07) is 5.07. The van der Waals surface area contributed by atoms with Gasteiger partial charge in [0.25, 0.3) is 0 Å². The molecule has 0 bridgehead atoms. The molecule has 78 valence electrons. The first-order chi connectivity index (χ1) is 7.15. The van der Waals surface area contributed by atoms with Crippen LogP contribution in [0, 0.1) is 0 Å². The largest absolute Gasteiger partial charge is 0.338 e. The van der Waals surface area contributed by atoms with Crippen molar-refractivity contribution in [3.8, 4) is 0 Å². The van der Waals surface area contributed by atoms with Gasteiger partial charge in [0.05, 0.1) is 13.1 Å². The van der Waals surface area contributed by atoms with Crippen LogP contribution >= 0.6 is 11.6 Å². The van der Waals surface area contributed by atoms with Gasteiger partial charge in [0, 0.05) is 0 Å². The van der Waals surface area contributed by atoms with Crippen LogP contribution in [0.2, 0.25) is 5.15 Å². The van der Waals surface area contributed by atoms with Crippen molar-refractivity contribution in [3.63, 3.8) is 0 Å². The highest BCUT2D eigenvalue weighted by Crippen LogP contribution is 2.14. The van der Waals surface area contributed by atoms with Crippen molar-refractivity contribution in [1.29, 1.82) is 0 Å². The smallest absolute Gasteiger partial charge is 0.246 e.